The molecule has 0 aromatic rings. The van der Waals surface area contributed by atoms with E-state index in [1.54, 1.807) is 6.92 Å². The van der Waals surface area contributed by atoms with E-state index in [0.29, 0.717) is 12.8 Å². The second-order valence-corrected chi connectivity index (χ2v) is 5.26. The van der Waals surface area contributed by atoms with Crippen LogP contribution in [0.25, 0.3) is 0 Å². The summed E-state index contributed by atoms with van der Waals surface area (Å²) in [6.07, 6.45) is -3.53. The van der Waals surface area contributed by atoms with Crippen molar-refractivity contribution in [1.29, 1.82) is 0 Å². The Hall–Kier alpha value is -0.300. The van der Waals surface area contributed by atoms with Crippen molar-refractivity contribution in [1.82, 2.24) is 4.72 Å². The van der Waals surface area contributed by atoms with Gasteiger partial charge in [-0.1, -0.05) is 13.3 Å². The second-order valence-electron chi connectivity index (χ2n) is 3.08. The summed E-state index contributed by atoms with van der Waals surface area (Å²) >= 11 is 0. The van der Waals surface area contributed by atoms with Gasteiger partial charge in [0.1, 0.15) is 6.54 Å². The van der Waals surface area contributed by atoms with Crippen LogP contribution in [0, 0.1) is 0 Å². The van der Waals surface area contributed by atoms with Gasteiger partial charge in [0.15, 0.2) is 0 Å². The highest BCUT2D eigenvalue weighted by atomic mass is 32.2. The van der Waals surface area contributed by atoms with Crippen molar-refractivity contribution in [3.63, 3.8) is 0 Å². The predicted octanol–water partition coefficient (Wildman–Crippen LogP) is 1.66. The summed E-state index contributed by atoms with van der Waals surface area (Å²) in [5.74, 6) is 0. The molecule has 0 aliphatic carbocycles. The van der Waals surface area contributed by atoms with Gasteiger partial charge in [-0.25, -0.2) is 13.1 Å². The summed E-state index contributed by atoms with van der Waals surface area (Å²) < 4.78 is 59.0. The van der Waals surface area contributed by atoms with Gasteiger partial charge in [0, 0.05) is 0 Å². The fraction of sp³-hybridized carbons (Fsp3) is 1.00. The Morgan fingerprint density at radius 2 is 1.86 bits per heavy atom. The van der Waals surface area contributed by atoms with E-state index < -0.39 is 28.0 Å². The first-order valence-electron chi connectivity index (χ1n) is 4.24. The number of hydrogen-bond acceptors (Lipinski definition) is 2. The lowest BCUT2D eigenvalue weighted by Crippen LogP contribution is -2.38. The SMILES string of the molecule is CCCC(C)S(=O)(=O)NCC(F)(F)F. The van der Waals surface area contributed by atoms with Crippen molar-refractivity contribution in [3.05, 3.63) is 0 Å². The Labute approximate surface area is 81.7 Å². The standard InChI is InChI=1S/C7H14F3NO2S/c1-3-4-6(2)14(12,13)11-5-7(8,9)10/h6,11H,3-5H2,1-2H3. The molecule has 7 heteroatoms. The Kier molecular flexibility index (Phi) is 4.87. The molecule has 0 aliphatic heterocycles. The van der Waals surface area contributed by atoms with E-state index in [-0.39, 0.29) is 0 Å². The third-order valence-corrected chi connectivity index (χ3v) is 3.54. The summed E-state index contributed by atoms with van der Waals surface area (Å²) in [4.78, 5) is 0. The summed E-state index contributed by atoms with van der Waals surface area (Å²) in [7, 11) is -3.83. The normalized spacial score (nSPS) is 15.5. The number of halogens is 3. The molecule has 1 N–H and O–H groups in total. The van der Waals surface area contributed by atoms with Gasteiger partial charge in [0.05, 0.1) is 5.25 Å². The van der Waals surface area contributed by atoms with Crippen LogP contribution in [0.2, 0.25) is 0 Å². The van der Waals surface area contributed by atoms with Gasteiger partial charge < -0.3 is 0 Å². The van der Waals surface area contributed by atoms with Crippen molar-refractivity contribution >= 4 is 10.0 Å². The molecule has 0 heterocycles. The molecule has 0 amide bonds. The van der Waals surface area contributed by atoms with Gasteiger partial charge >= 0.3 is 6.18 Å². The highest BCUT2D eigenvalue weighted by molar-refractivity contribution is 7.90. The van der Waals surface area contributed by atoms with Gasteiger partial charge in [0.25, 0.3) is 0 Å². The molecule has 0 radical (unpaired) electrons. The lowest BCUT2D eigenvalue weighted by molar-refractivity contribution is -0.121. The van der Waals surface area contributed by atoms with Crippen molar-refractivity contribution in [2.45, 2.75) is 38.1 Å². The maximum Gasteiger partial charge on any atom is 0.402 e. The highest BCUT2D eigenvalue weighted by Gasteiger charge is 2.31. The summed E-state index contributed by atoms with van der Waals surface area (Å²) in [6, 6.07) is 0. The van der Waals surface area contributed by atoms with Crippen LogP contribution in [0.4, 0.5) is 13.2 Å². The molecule has 0 saturated heterocycles. The molecule has 86 valence electrons. The van der Waals surface area contributed by atoms with Crippen LogP contribution in [-0.4, -0.2) is 26.4 Å². The first-order chi connectivity index (χ1) is 6.19. The topological polar surface area (TPSA) is 46.2 Å². The Morgan fingerprint density at radius 1 is 1.36 bits per heavy atom. The van der Waals surface area contributed by atoms with Crippen LogP contribution in [0.3, 0.4) is 0 Å². The Balaban J connectivity index is 4.22. The quantitative estimate of drug-likeness (QED) is 0.785. The number of nitrogens with one attached hydrogen (secondary N) is 1. The van der Waals surface area contributed by atoms with E-state index >= 15 is 0 Å². The van der Waals surface area contributed by atoms with Gasteiger partial charge in [-0.15, -0.1) is 0 Å². The molecule has 14 heavy (non-hydrogen) atoms. The zero-order valence-electron chi connectivity index (χ0n) is 8.06. The Morgan fingerprint density at radius 3 is 2.21 bits per heavy atom. The molecule has 0 rings (SSSR count). The van der Waals surface area contributed by atoms with E-state index in [1.807, 2.05) is 0 Å². The van der Waals surface area contributed by atoms with Crippen molar-refractivity contribution < 1.29 is 21.6 Å². The van der Waals surface area contributed by atoms with Crippen molar-refractivity contribution in [3.8, 4) is 0 Å². The molecule has 0 saturated carbocycles. The van der Waals surface area contributed by atoms with Crippen LogP contribution < -0.4 is 4.72 Å². The maximum absolute atomic E-state index is 11.7. The van der Waals surface area contributed by atoms with E-state index in [2.05, 4.69) is 0 Å². The second kappa shape index (κ2) is 4.97. The van der Waals surface area contributed by atoms with E-state index in [1.165, 1.54) is 11.6 Å². The summed E-state index contributed by atoms with van der Waals surface area (Å²) in [5, 5.41) is -0.783. The number of hydrogen-bond donors (Lipinski definition) is 1. The minimum absolute atomic E-state index is 0.354. The first kappa shape index (κ1) is 13.7. The number of alkyl halides is 3. The molecule has 0 aliphatic rings. The lowest BCUT2D eigenvalue weighted by atomic mass is 10.3. The van der Waals surface area contributed by atoms with Crippen molar-refractivity contribution in [2.75, 3.05) is 6.54 Å². The van der Waals surface area contributed by atoms with Gasteiger partial charge in [-0.05, 0) is 13.3 Å². The van der Waals surface area contributed by atoms with Gasteiger partial charge in [-0.3, -0.25) is 0 Å². The molecular weight excluding hydrogens is 219 g/mol. The fourth-order valence-electron chi connectivity index (χ4n) is 0.886. The van der Waals surface area contributed by atoms with E-state index in [9.17, 15) is 21.6 Å². The molecule has 1 unspecified atom stereocenters. The van der Waals surface area contributed by atoms with Crippen molar-refractivity contribution in [2.24, 2.45) is 0 Å². The van der Waals surface area contributed by atoms with Crippen LogP contribution in [0.15, 0.2) is 0 Å². The lowest BCUT2D eigenvalue weighted by Gasteiger charge is -2.14. The minimum atomic E-state index is -4.50. The third kappa shape index (κ3) is 5.43. The monoisotopic (exact) mass is 233 g/mol. The summed E-state index contributed by atoms with van der Waals surface area (Å²) in [5.41, 5.74) is 0. The summed E-state index contributed by atoms with van der Waals surface area (Å²) in [6.45, 7) is 1.67. The number of rotatable bonds is 5. The smallest absolute Gasteiger partial charge is 0.212 e. The Bertz CT molecular complexity index is 261. The molecule has 0 spiro atoms. The fourth-order valence-corrected chi connectivity index (χ4v) is 2.08. The molecular formula is C7H14F3NO2S. The minimum Gasteiger partial charge on any atom is -0.212 e. The molecule has 0 aromatic heterocycles. The van der Waals surface area contributed by atoms with Crippen LogP contribution in [-0.2, 0) is 10.0 Å². The zero-order valence-corrected chi connectivity index (χ0v) is 8.87. The third-order valence-electron chi connectivity index (χ3n) is 1.70. The predicted molar refractivity (Wildman–Crippen MR) is 47.3 cm³/mol. The zero-order chi connectivity index (χ0) is 11.4. The van der Waals surface area contributed by atoms with Gasteiger partial charge in [-0.2, -0.15) is 13.2 Å². The van der Waals surface area contributed by atoms with E-state index in [4.69, 9.17) is 0 Å². The highest BCUT2D eigenvalue weighted by Crippen LogP contribution is 2.14. The van der Waals surface area contributed by atoms with Crippen LogP contribution >= 0.6 is 0 Å². The molecule has 0 fully saturated rings. The number of sulfonamides is 1. The average molecular weight is 233 g/mol. The molecule has 1 atom stereocenters. The van der Waals surface area contributed by atoms with E-state index in [0.717, 1.165) is 0 Å². The van der Waals surface area contributed by atoms with Crippen LogP contribution in [0.5, 0.6) is 0 Å². The maximum atomic E-state index is 11.7. The largest absolute Gasteiger partial charge is 0.402 e. The molecule has 0 aromatic carbocycles. The van der Waals surface area contributed by atoms with Crippen LogP contribution in [0.1, 0.15) is 26.7 Å². The first-order valence-corrected chi connectivity index (χ1v) is 5.79. The molecule has 0 bridgehead atoms. The average Bonchev–Trinajstić information content (AvgIpc) is 2.00. The molecule has 3 nitrogen and oxygen atoms in total. The van der Waals surface area contributed by atoms with Gasteiger partial charge in [0.2, 0.25) is 10.0 Å².